The van der Waals surface area contributed by atoms with E-state index in [9.17, 15) is 10.1 Å². The van der Waals surface area contributed by atoms with E-state index in [4.69, 9.17) is 5.26 Å². The first-order chi connectivity index (χ1) is 7.20. The van der Waals surface area contributed by atoms with Crippen molar-refractivity contribution in [3.63, 3.8) is 0 Å². The van der Waals surface area contributed by atoms with Crippen LogP contribution in [0.3, 0.4) is 0 Å². The quantitative estimate of drug-likeness (QED) is 0.428. The van der Waals surface area contributed by atoms with Gasteiger partial charge in [-0.1, -0.05) is 12.1 Å². The molecule has 0 spiro atoms. The average molecular weight is 205 g/mol. The number of hydrogen-bond acceptors (Lipinski definition) is 4. The highest BCUT2D eigenvalue weighted by molar-refractivity contribution is 5.63. The zero-order valence-electron chi connectivity index (χ0n) is 8.38. The van der Waals surface area contributed by atoms with Gasteiger partial charge in [0.05, 0.1) is 11.0 Å². The van der Waals surface area contributed by atoms with E-state index in [1.165, 1.54) is 6.07 Å². The predicted octanol–water partition coefficient (Wildman–Crippen LogP) is 1.94. The number of nitrogens with zero attached hydrogens (tertiary/aromatic N) is 3. The summed E-state index contributed by atoms with van der Waals surface area (Å²) in [6.45, 7) is 2.58. The predicted molar refractivity (Wildman–Crippen MR) is 56.6 cm³/mol. The van der Waals surface area contributed by atoms with E-state index in [0.29, 0.717) is 12.2 Å². The second-order valence-corrected chi connectivity index (χ2v) is 2.92. The first-order valence-electron chi connectivity index (χ1n) is 4.56. The van der Waals surface area contributed by atoms with E-state index in [2.05, 4.69) is 0 Å². The van der Waals surface area contributed by atoms with Gasteiger partial charge in [-0.05, 0) is 13.0 Å². The molecule has 15 heavy (non-hydrogen) atoms. The molecule has 0 aliphatic rings. The van der Waals surface area contributed by atoms with Gasteiger partial charge in [0.2, 0.25) is 0 Å². The lowest BCUT2D eigenvalue weighted by molar-refractivity contribution is -0.384. The van der Waals surface area contributed by atoms with Crippen LogP contribution in [-0.4, -0.2) is 18.0 Å². The molecule has 0 amide bonds. The Labute approximate surface area is 87.7 Å². The second kappa shape index (κ2) is 4.96. The summed E-state index contributed by atoms with van der Waals surface area (Å²) in [6.07, 6.45) is 0. The van der Waals surface area contributed by atoms with E-state index >= 15 is 0 Å². The standard InChI is InChI=1S/C10H11N3O2/c1-2-12(8-7-11)9-5-3-4-6-10(9)13(14)15/h3-6H,2,8H2,1H3. The van der Waals surface area contributed by atoms with Gasteiger partial charge in [-0.25, -0.2) is 0 Å². The maximum absolute atomic E-state index is 10.7. The van der Waals surface area contributed by atoms with Gasteiger partial charge in [0.15, 0.2) is 0 Å². The van der Waals surface area contributed by atoms with Gasteiger partial charge in [-0.3, -0.25) is 10.1 Å². The molecule has 1 rings (SSSR count). The fourth-order valence-corrected chi connectivity index (χ4v) is 1.34. The minimum absolute atomic E-state index is 0.0367. The van der Waals surface area contributed by atoms with Gasteiger partial charge in [0, 0.05) is 12.6 Å². The Morgan fingerprint density at radius 3 is 2.73 bits per heavy atom. The molecule has 0 N–H and O–H groups in total. The summed E-state index contributed by atoms with van der Waals surface area (Å²) in [4.78, 5) is 12.0. The van der Waals surface area contributed by atoms with Crippen LogP contribution in [0.2, 0.25) is 0 Å². The van der Waals surface area contributed by atoms with Crippen LogP contribution in [-0.2, 0) is 0 Å². The van der Waals surface area contributed by atoms with Crippen molar-refractivity contribution in [2.24, 2.45) is 0 Å². The molecule has 0 bridgehead atoms. The smallest absolute Gasteiger partial charge is 0.292 e. The number of nitro benzene ring substituents is 1. The Morgan fingerprint density at radius 1 is 1.53 bits per heavy atom. The summed E-state index contributed by atoms with van der Waals surface area (Å²) in [6, 6.07) is 8.42. The number of hydrogen-bond donors (Lipinski definition) is 0. The Kier molecular flexibility index (Phi) is 3.63. The zero-order chi connectivity index (χ0) is 11.3. The number of anilines is 1. The summed E-state index contributed by atoms with van der Waals surface area (Å²) >= 11 is 0. The minimum Gasteiger partial charge on any atom is -0.353 e. The lowest BCUT2D eigenvalue weighted by Crippen LogP contribution is -2.23. The largest absolute Gasteiger partial charge is 0.353 e. The van der Waals surface area contributed by atoms with Crippen LogP contribution < -0.4 is 4.90 Å². The molecule has 0 saturated carbocycles. The maximum atomic E-state index is 10.7. The molecule has 5 heteroatoms. The van der Waals surface area contributed by atoms with E-state index in [1.807, 2.05) is 13.0 Å². The van der Waals surface area contributed by atoms with Gasteiger partial charge in [0.1, 0.15) is 12.2 Å². The number of nitro groups is 1. The van der Waals surface area contributed by atoms with E-state index in [0.717, 1.165) is 0 Å². The van der Waals surface area contributed by atoms with Crippen LogP contribution in [0.15, 0.2) is 24.3 Å². The van der Waals surface area contributed by atoms with E-state index in [1.54, 1.807) is 23.1 Å². The third-order valence-electron chi connectivity index (χ3n) is 2.06. The van der Waals surface area contributed by atoms with Crippen molar-refractivity contribution < 1.29 is 4.92 Å². The molecule has 0 atom stereocenters. The van der Waals surface area contributed by atoms with Crippen LogP contribution in [0.25, 0.3) is 0 Å². The fourth-order valence-electron chi connectivity index (χ4n) is 1.34. The molecule has 0 aliphatic carbocycles. The summed E-state index contributed by atoms with van der Waals surface area (Å²) in [5.74, 6) is 0. The maximum Gasteiger partial charge on any atom is 0.292 e. The lowest BCUT2D eigenvalue weighted by atomic mass is 10.2. The Balaban J connectivity index is 3.11. The van der Waals surface area contributed by atoms with Crippen LogP contribution in [0.1, 0.15) is 6.92 Å². The monoisotopic (exact) mass is 205 g/mol. The number of rotatable bonds is 4. The summed E-state index contributed by atoms with van der Waals surface area (Å²) in [7, 11) is 0. The molecular formula is C10H11N3O2. The summed E-state index contributed by atoms with van der Waals surface area (Å²) in [5.41, 5.74) is 0.529. The molecule has 1 aromatic rings. The molecule has 0 radical (unpaired) electrons. The molecule has 0 aliphatic heterocycles. The van der Waals surface area contributed by atoms with Crippen molar-refractivity contribution in [1.82, 2.24) is 0 Å². The molecule has 0 saturated heterocycles. The number of benzene rings is 1. The van der Waals surface area contributed by atoms with Crippen molar-refractivity contribution in [3.8, 4) is 6.07 Å². The van der Waals surface area contributed by atoms with Gasteiger partial charge in [-0.2, -0.15) is 5.26 Å². The summed E-state index contributed by atoms with van der Waals surface area (Å²) < 4.78 is 0. The van der Waals surface area contributed by atoms with E-state index < -0.39 is 4.92 Å². The highest BCUT2D eigenvalue weighted by atomic mass is 16.6. The Bertz CT molecular complexity index is 398. The first kappa shape index (κ1) is 11.0. The topological polar surface area (TPSA) is 70.2 Å². The van der Waals surface area contributed by atoms with Crippen LogP contribution >= 0.6 is 0 Å². The van der Waals surface area contributed by atoms with Gasteiger partial charge in [0.25, 0.3) is 5.69 Å². The normalized spacial score (nSPS) is 9.33. The molecule has 78 valence electrons. The molecule has 0 aromatic heterocycles. The Morgan fingerprint density at radius 2 is 2.20 bits per heavy atom. The van der Waals surface area contributed by atoms with Crippen LogP contribution in [0, 0.1) is 21.4 Å². The van der Waals surface area contributed by atoms with Crippen LogP contribution in [0.5, 0.6) is 0 Å². The summed E-state index contributed by atoms with van der Waals surface area (Å²) in [5, 5.41) is 19.3. The van der Waals surface area contributed by atoms with Crippen molar-refractivity contribution >= 4 is 11.4 Å². The van der Waals surface area contributed by atoms with Crippen molar-refractivity contribution in [3.05, 3.63) is 34.4 Å². The lowest BCUT2D eigenvalue weighted by Gasteiger charge is -2.18. The van der Waals surface area contributed by atoms with Gasteiger partial charge < -0.3 is 4.90 Å². The van der Waals surface area contributed by atoms with Crippen molar-refractivity contribution in [2.45, 2.75) is 6.92 Å². The van der Waals surface area contributed by atoms with E-state index in [-0.39, 0.29) is 12.2 Å². The SMILES string of the molecule is CCN(CC#N)c1ccccc1[N+](=O)[O-]. The third-order valence-corrected chi connectivity index (χ3v) is 2.06. The minimum atomic E-state index is -0.435. The molecule has 0 fully saturated rings. The van der Waals surface area contributed by atoms with Crippen LogP contribution in [0.4, 0.5) is 11.4 Å². The highest BCUT2D eigenvalue weighted by Crippen LogP contribution is 2.26. The molecular weight excluding hydrogens is 194 g/mol. The molecule has 0 unspecified atom stereocenters. The second-order valence-electron chi connectivity index (χ2n) is 2.92. The number of nitriles is 1. The zero-order valence-corrected chi connectivity index (χ0v) is 8.38. The van der Waals surface area contributed by atoms with Crippen molar-refractivity contribution in [1.29, 1.82) is 5.26 Å². The first-order valence-corrected chi connectivity index (χ1v) is 4.56. The molecule has 1 aromatic carbocycles. The van der Waals surface area contributed by atoms with Gasteiger partial charge >= 0.3 is 0 Å². The number of para-hydroxylation sites is 2. The van der Waals surface area contributed by atoms with Crippen molar-refractivity contribution in [2.75, 3.05) is 18.0 Å². The molecule has 0 heterocycles. The highest BCUT2D eigenvalue weighted by Gasteiger charge is 2.16. The average Bonchev–Trinajstić information content (AvgIpc) is 2.26. The fraction of sp³-hybridized carbons (Fsp3) is 0.300. The third kappa shape index (κ3) is 2.44. The Hall–Kier alpha value is -2.09. The van der Waals surface area contributed by atoms with Gasteiger partial charge in [-0.15, -0.1) is 0 Å². The molecule has 5 nitrogen and oxygen atoms in total.